The zero-order chi connectivity index (χ0) is 13.9. The number of aliphatic carboxylic acids is 1. The van der Waals surface area contributed by atoms with Crippen LogP contribution in [0.4, 0.5) is 9.80 Å². The third-order valence-electron chi connectivity index (χ3n) is 1.99. The van der Waals surface area contributed by atoms with Crippen molar-refractivity contribution in [2.24, 2.45) is 0 Å². The van der Waals surface area contributed by atoms with E-state index in [-0.39, 0.29) is 0 Å². The van der Waals surface area contributed by atoms with Crippen LogP contribution in [0.5, 0.6) is 0 Å². The Balaban J connectivity index is 2.99. The molecule has 1 atom stereocenters. The molecular weight excluding hydrogens is 256 g/mol. The molecule has 1 aromatic heterocycles. The molecule has 1 heterocycles. The van der Waals surface area contributed by atoms with Gasteiger partial charge < -0.3 is 9.84 Å². The number of thiazole rings is 1. The first-order valence-electron chi connectivity index (χ1n) is 5.36. The van der Waals surface area contributed by atoms with Crippen LogP contribution in [0, 0.1) is 0 Å². The summed E-state index contributed by atoms with van der Waals surface area (Å²) in [5.74, 6) is -1.10. The van der Waals surface area contributed by atoms with E-state index in [4.69, 9.17) is 9.84 Å². The summed E-state index contributed by atoms with van der Waals surface area (Å²) in [5, 5.41) is 9.48. The molecular formula is C11H16N2O4S. The molecule has 0 spiro atoms. The predicted octanol–water partition coefficient (Wildman–Crippen LogP) is 2.36. The Hall–Kier alpha value is -1.63. The van der Waals surface area contributed by atoms with Gasteiger partial charge in [0.05, 0.1) is 11.7 Å². The van der Waals surface area contributed by atoms with E-state index in [9.17, 15) is 9.59 Å². The third kappa shape index (κ3) is 3.69. The number of aromatic nitrogens is 1. The molecule has 1 amide bonds. The number of carboxylic acids is 1. The Morgan fingerprint density at radius 2 is 2.11 bits per heavy atom. The molecule has 0 aliphatic heterocycles. The summed E-state index contributed by atoms with van der Waals surface area (Å²) < 4.78 is 5.20. The summed E-state index contributed by atoms with van der Waals surface area (Å²) >= 11 is 1.18. The van der Waals surface area contributed by atoms with E-state index >= 15 is 0 Å². The summed E-state index contributed by atoms with van der Waals surface area (Å²) in [6.07, 6.45) is 0.746. The van der Waals surface area contributed by atoms with E-state index < -0.39 is 23.7 Å². The lowest BCUT2D eigenvalue weighted by molar-refractivity contribution is -0.138. The van der Waals surface area contributed by atoms with E-state index in [1.54, 1.807) is 20.8 Å². The number of amides is 1. The van der Waals surface area contributed by atoms with Crippen molar-refractivity contribution in [2.45, 2.75) is 39.3 Å². The molecule has 6 nitrogen and oxygen atoms in total. The Morgan fingerprint density at radius 1 is 1.50 bits per heavy atom. The first-order valence-corrected chi connectivity index (χ1v) is 6.24. The van der Waals surface area contributed by atoms with Gasteiger partial charge in [-0.1, -0.05) is 0 Å². The third-order valence-corrected chi connectivity index (χ3v) is 2.76. The highest BCUT2D eigenvalue weighted by atomic mass is 32.1. The molecule has 1 aromatic rings. The van der Waals surface area contributed by atoms with Crippen molar-refractivity contribution in [3.05, 3.63) is 11.7 Å². The van der Waals surface area contributed by atoms with E-state index in [2.05, 4.69) is 4.98 Å². The molecule has 0 unspecified atom stereocenters. The van der Waals surface area contributed by atoms with Crippen molar-refractivity contribution in [3.63, 3.8) is 0 Å². The van der Waals surface area contributed by atoms with E-state index in [0.29, 0.717) is 5.00 Å². The van der Waals surface area contributed by atoms with Crippen LogP contribution < -0.4 is 4.90 Å². The van der Waals surface area contributed by atoms with Crippen LogP contribution in [-0.2, 0) is 9.53 Å². The molecule has 0 bridgehead atoms. The maximum atomic E-state index is 12.0. The first kappa shape index (κ1) is 14.4. The number of hydrogen-bond donors (Lipinski definition) is 1. The van der Waals surface area contributed by atoms with Crippen molar-refractivity contribution in [1.82, 2.24) is 4.98 Å². The van der Waals surface area contributed by atoms with Crippen LogP contribution in [-0.4, -0.2) is 33.8 Å². The maximum Gasteiger partial charge on any atom is 0.416 e. The average Bonchev–Trinajstić information content (AvgIpc) is 2.67. The number of carboxylic acid groups (broad SMARTS) is 1. The predicted molar refractivity (Wildman–Crippen MR) is 67.9 cm³/mol. The minimum atomic E-state index is -1.10. The van der Waals surface area contributed by atoms with Gasteiger partial charge in [0, 0.05) is 0 Å². The Kier molecular flexibility index (Phi) is 4.28. The van der Waals surface area contributed by atoms with Crippen LogP contribution in [0.3, 0.4) is 0 Å². The monoisotopic (exact) mass is 272 g/mol. The second-order valence-electron chi connectivity index (χ2n) is 4.70. The largest absolute Gasteiger partial charge is 0.480 e. The molecule has 0 aliphatic rings. The van der Waals surface area contributed by atoms with Crippen LogP contribution in [0.15, 0.2) is 11.7 Å². The van der Waals surface area contributed by atoms with Gasteiger partial charge in [-0.25, -0.2) is 9.59 Å². The lowest BCUT2D eigenvalue weighted by atomic mass is 10.2. The minimum Gasteiger partial charge on any atom is -0.480 e. The van der Waals surface area contributed by atoms with E-state index in [0.717, 1.165) is 4.90 Å². The van der Waals surface area contributed by atoms with Crippen molar-refractivity contribution in [1.29, 1.82) is 0 Å². The second-order valence-corrected chi connectivity index (χ2v) is 5.57. The van der Waals surface area contributed by atoms with Gasteiger partial charge in [0.2, 0.25) is 0 Å². The average molecular weight is 272 g/mol. The standard InChI is InChI=1S/C11H16N2O4S/c1-7(9(14)15)13(8-5-12-6-18-8)10(16)17-11(2,3)4/h5-7H,1-4H3,(H,14,15)/t7-/m0/s1. The first-order chi connectivity index (χ1) is 8.22. The van der Waals surface area contributed by atoms with Gasteiger partial charge >= 0.3 is 12.1 Å². The van der Waals surface area contributed by atoms with Gasteiger partial charge in [0.1, 0.15) is 16.6 Å². The molecule has 100 valence electrons. The highest BCUT2D eigenvalue weighted by Crippen LogP contribution is 2.24. The number of carbonyl (C=O) groups excluding carboxylic acids is 1. The van der Waals surface area contributed by atoms with Gasteiger partial charge in [-0.15, -0.1) is 11.3 Å². The lowest BCUT2D eigenvalue weighted by Gasteiger charge is -2.28. The molecule has 1 N–H and O–H groups in total. The molecule has 0 aliphatic carbocycles. The van der Waals surface area contributed by atoms with Crippen LogP contribution in [0.1, 0.15) is 27.7 Å². The number of hydrogen-bond acceptors (Lipinski definition) is 5. The topological polar surface area (TPSA) is 79.7 Å². The molecule has 1 rings (SSSR count). The molecule has 0 aromatic carbocycles. The fourth-order valence-electron chi connectivity index (χ4n) is 1.19. The van der Waals surface area contributed by atoms with Crippen LogP contribution >= 0.6 is 11.3 Å². The van der Waals surface area contributed by atoms with E-state index in [1.165, 1.54) is 30.0 Å². The molecule has 7 heteroatoms. The highest BCUT2D eigenvalue weighted by Gasteiger charge is 2.31. The summed E-state index contributed by atoms with van der Waals surface area (Å²) in [6, 6.07) is -1.01. The zero-order valence-electron chi connectivity index (χ0n) is 10.7. The zero-order valence-corrected chi connectivity index (χ0v) is 11.5. The fraction of sp³-hybridized carbons (Fsp3) is 0.545. The van der Waals surface area contributed by atoms with Gasteiger partial charge in [-0.2, -0.15) is 0 Å². The number of rotatable bonds is 3. The summed E-state index contributed by atoms with van der Waals surface area (Å²) in [5.41, 5.74) is 0.847. The van der Waals surface area contributed by atoms with Crippen molar-refractivity contribution in [3.8, 4) is 0 Å². The highest BCUT2D eigenvalue weighted by molar-refractivity contribution is 7.14. The van der Waals surface area contributed by atoms with Crippen molar-refractivity contribution in [2.75, 3.05) is 4.90 Å². The Morgan fingerprint density at radius 3 is 2.50 bits per heavy atom. The molecule has 0 saturated carbocycles. The number of ether oxygens (including phenoxy) is 1. The fourth-order valence-corrected chi connectivity index (χ4v) is 1.89. The van der Waals surface area contributed by atoms with Crippen LogP contribution in [0.2, 0.25) is 0 Å². The normalized spacial score (nSPS) is 12.9. The number of nitrogens with zero attached hydrogens (tertiary/aromatic N) is 2. The van der Waals surface area contributed by atoms with E-state index in [1.807, 2.05) is 0 Å². The van der Waals surface area contributed by atoms with Gasteiger partial charge in [-0.05, 0) is 27.7 Å². The summed E-state index contributed by atoms with van der Waals surface area (Å²) in [7, 11) is 0. The molecule has 0 radical (unpaired) electrons. The second kappa shape index (κ2) is 5.34. The number of anilines is 1. The Labute approximate surface area is 109 Å². The molecule has 0 fully saturated rings. The van der Waals surface area contributed by atoms with Crippen molar-refractivity contribution >= 4 is 28.4 Å². The van der Waals surface area contributed by atoms with Gasteiger partial charge in [0.25, 0.3) is 0 Å². The lowest BCUT2D eigenvalue weighted by Crippen LogP contribution is -2.45. The molecule has 18 heavy (non-hydrogen) atoms. The van der Waals surface area contributed by atoms with Gasteiger partial charge in [-0.3, -0.25) is 9.88 Å². The summed E-state index contributed by atoms with van der Waals surface area (Å²) in [4.78, 5) is 28.0. The van der Waals surface area contributed by atoms with Crippen LogP contribution in [0.25, 0.3) is 0 Å². The summed E-state index contributed by atoms with van der Waals surface area (Å²) in [6.45, 7) is 6.59. The van der Waals surface area contributed by atoms with Crippen molar-refractivity contribution < 1.29 is 19.4 Å². The molecule has 0 saturated heterocycles. The maximum absolute atomic E-state index is 12.0. The SMILES string of the molecule is C[C@@H](C(=O)O)N(C(=O)OC(C)(C)C)c1cncs1. The Bertz CT molecular complexity index is 425. The van der Waals surface area contributed by atoms with Gasteiger partial charge in [0.15, 0.2) is 0 Å². The smallest absolute Gasteiger partial charge is 0.416 e. The number of carbonyl (C=O) groups is 2. The quantitative estimate of drug-likeness (QED) is 0.913. The minimum absolute atomic E-state index is 0.444.